The molecule has 3 rings (SSSR count). The molecule has 0 bridgehead atoms. The van der Waals surface area contributed by atoms with Crippen LogP contribution >= 0.6 is 11.8 Å². The quantitative estimate of drug-likeness (QED) is 0.608. The van der Waals surface area contributed by atoms with E-state index in [4.69, 9.17) is 0 Å². The molecule has 0 unspecified atom stereocenters. The number of aliphatic hydroxyl groups is 1. The molecule has 1 aromatic carbocycles. The van der Waals surface area contributed by atoms with Gasteiger partial charge >= 0.3 is 0 Å². The van der Waals surface area contributed by atoms with Crippen LogP contribution in [0.15, 0.2) is 29.2 Å². The first-order valence-electron chi connectivity index (χ1n) is 10.6. The van der Waals surface area contributed by atoms with E-state index in [2.05, 4.69) is 10.6 Å². The van der Waals surface area contributed by atoms with Gasteiger partial charge < -0.3 is 15.7 Å². The van der Waals surface area contributed by atoms with Crippen molar-refractivity contribution in [3.63, 3.8) is 0 Å². The predicted octanol–water partition coefficient (Wildman–Crippen LogP) is 3.51. The van der Waals surface area contributed by atoms with Gasteiger partial charge in [0.2, 0.25) is 5.91 Å². The maximum atomic E-state index is 12.7. The fourth-order valence-electron chi connectivity index (χ4n) is 4.11. The van der Waals surface area contributed by atoms with Crippen LogP contribution in [0.4, 0.5) is 0 Å². The zero-order valence-corrected chi connectivity index (χ0v) is 17.3. The van der Waals surface area contributed by atoms with E-state index >= 15 is 0 Å². The number of rotatable bonds is 7. The molecule has 0 saturated heterocycles. The lowest BCUT2D eigenvalue weighted by Crippen LogP contribution is -2.38. The highest BCUT2D eigenvalue weighted by atomic mass is 32.2. The molecule has 2 fully saturated rings. The highest BCUT2D eigenvalue weighted by Gasteiger charge is 2.22. The van der Waals surface area contributed by atoms with Crippen LogP contribution in [0.5, 0.6) is 0 Å². The Morgan fingerprint density at radius 2 is 1.71 bits per heavy atom. The summed E-state index contributed by atoms with van der Waals surface area (Å²) in [5.41, 5.74) is 0.624. The summed E-state index contributed by atoms with van der Waals surface area (Å²) in [5, 5.41) is 15.8. The Morgan fingerprint density at radius 1 is 1.00 bits per heavy atom. The second-order valence-electron chi connectivity index (χ2n) is 8.07. The second kappa shape index (κ2) is 10.9. The summed E-state index contributed by atoms with van der Waals surface area (Å²) in [6.45, 7) is 0.773. The van der Waals surface area contributed by atoms with Gasteiger partial charge in [0, 0.05) is 17.5 Å². The number of benzene rings is 1. The molecule has 2 aliphatic rings. The molecule has 0 atom stereocenters. The van der Waals surface area contributed by atoms with E-state index in [1.807, 2.05) is 24.3 Å². The van der Waals surface area contributed by atoms with Gasteiger partial charge in [-0.3, -0.25) is 9.59 Å². The molecular weight excluding hydrogens is 372 g/mol. The zero-order valence-electron chi connectivity index (χ0n) is 16.5. The summed E-state index contributed by atoms with van der Waals surface area (Å²) in [5.74, 6) is 0.890. The van der Waals surface area contributed by atoms with Gasteiger partial charge in [0.1, 0.15) is 0 Å². The number of nitrogens with one attached hydrogen (secondary N) is 2. The third-order valence-electron chi connectivity index (χ3n) is 5.84. The lowest BCUT2D eigenvalue weighted by molar-refractivity contribution is -0.118. The maximum Gasteiger partial charge on any atom is 0.252 e. The first kappa shape index (κ1) is 21.2. The molecule has 2 amide bonds. The first-order chi connectivity index (χ1) is 13.6. The summed E-state index contributed by atoms with van der Waals surface area (Å²) in [6.07, 6.45) is 9.17. The Hall–Kier alpha value is -1.53. The largest absolute Gasteiger partial charge is 0.393 e. The minimum atomic E-state index is -0.233. The van der Waals surface area contributed by atoms with Gasteiger partial charge in [0.25, 0.3) is 5.91 Å². The summed E-state index contributed by atoms with van der Waals surface area (Å²) in [6, 6.07) is 7.59. The van der Waals surface area contributed by atoms with Crippen LogP contribution in [-0.4, -0.2) is 41.4 Å². The summed E-state index contributed by atoms with van der Waals surface area (Å²) < 4.78 is 0. The van der Waals surface area contributed by atoms with Crippen molar-refractivity contribution in [1.29, 1.82) is 0 Å². The van der Waals surface area contributed by atoms with Gasteiger partial charge in [-0.1, -0.05) is 31.4 Å². The summed E-state index contributed by atoms with van der Waals surface area (Å²) >= 11 is 1.42. The minimum absolute atomic E-state index is 0.0343. The predicted molar refractivity (Wildman–Crippen MR) is 112 cm³/mol. The van der Waals surface area contributed by atoms with Crippen molar-refractivity contribution in [3.05, 3.63) is 29.8 Å². The highest BCUT2D eigenvalue weighted by Crippen LogP contribution is 2.25. The molecule has 154 valence electrons. The normalized spacial score (nSPS) is 23.2. The zero-order chi connectivity index (χ0) is 19.8. The van der Waals surface area contributed by atoms with Crippen LogP contribution in [0, 0.1) is 5.92 Å². The third-order valence-corrected chi connectivity index (χ3v) is 6.91. The molecule has 0 heterocycles. The molecule has 0 aromatic heterocycles. The molecular formula is C22H32N2O3S. The number of hydrogen-bond donors (Lipinski definition) is 3. The SMILES string of the molecule is O=C(CSc1ccccc1C(=O)NC1CCC(O)CC1)NCC1CCCCC1. The van der Waals surface area contributed by atoms with Gasteiger partial charge in [0.15, 0.2) is 0 Å². The molecule has 0 spiro atoms. The van der Waals surface area contributed by atoms with Gasteiger partial charge in [-0.2, -0.15) is 0 Å². The van der Waals surface area contributed by atoms with Crippen LogP contribution in [0.25, 0.3) is 0 Å². The van der Waals surface area contributed by atoms with Crippen molar-refractivity contribution in [2.45, 2.75) is 74.8 Å². The van der Waals surface area contributed by atoms with E-state index in [0.717, 1.165) is 37.1 Å². The molecule has 6 heteroatoms. The van der Waals surface area contributed by atoms with Gasteiger partial charge in [-0.05, 0) is 56.6 Å². The monoisotopic (exact) mass is 404 g/mol. The number of aliphatic hydroxyl groups excluding tert-OH is 1. The lowest BCUT2D eigenvalue weighted by Gasteiger charge is -2.26. The Kier molecular flexibility index (Phi) is 8.22. The Labute approximate surface area is 172 Å². The Balaban J connectivity index is 1.47. The number of hydrogen-bond acceptors (Lipinski definition) is 4. The van der Waals surface area contributed by atoms with E-state index in [-0.39, 0.29) is 24.0 Å². The molecule has 0 radical (unpaired) electrons. The smallest absolute Gasteiger partial charge is 0.252 e. The van der Waals surface area contributed by atoms with Crippen LogP contribution in [0.3, 0.4) is 0 Å². The summed E-state index contributed by atoms with van der Waals surface area (Å²) in [4.78, 5) is 25.8. The molecule has 3 N–H and O–H groups in total. The average Bonchev–Trinajstić information content (AvgIpc) is 2.73. The van der Waals surface area contributed by atoms with Crippen LogP contribution in [0.2, 0.25) is 0 Å². The van der Waals surface area contributed by atoms with Gasteiger partial charge in [0.05, 0.1) is 17.4 Å². The van der Waals surface area contributed by atoms with E-state index in [9.17, 15) is 14.7 Å². The van der Waals surface area contributed by atoms with Crippen molar-refractivity contribution in [2.24, 2.45) is 5.92 Å². The molecule has 5 nitrogen and oxygen atoms in total. The Bertz CT molecular complexity index is 653. The highest BCUT2D eigenvalue weighted by molar-refractivity contribution is 8.00. The standard InChI is InChI=1S/C22H32N2O3S/c25-18-12-10-17(11-13-18)24-22(27)19-8-4-5-9-20(19)28-15-21(26)23-14-16-6-2-1-3-7-16/h4-5,8-9,16-18,25H,1-3,6-7,10-15H2,(H,23,26)(H,24,27). The number of carbonyl (C=O) groups excluding carboxylic acids is 2. The fraction of sp³-hybridized carbons (Fsp3) is 0.636. The fourth-order valence-corrected chi connectivity index (χ4v) is 4.99. The van der Waals surface area contributed by atoms with Crippen molar-refractivity contribution in [1.82, 2.24) is 10.6 Å². The number of amides is 2. The molecule has 0 aliphatic heterocycles. The molecule has 1 aromatic rings. The second-order valence-corrected chi connectivity index (χ2v) is 9.09. The van der Waals surface area contributed by atoms with Gasteiger partial charge in [-0.25, -0.2) is 0 Å². The first-order valence-corrected chi connectivity index (χ1v) is 11.6. The third kappa shape index (κ3) is 6.52. The van der Waals surface area contributed by atoms with E-state index in [1.54, 1.807) is 0 Å². The number of carbonyl (C=O) groups is 2. The topological polar surface area (TPSA) is 78.4 Å². The van der Waals surface area contributed by atoms with Crippen LogP contribution in [0.1, 0.15) is 68.1 Å². The van der Waals surface area contributed by atoms with E-state index < -0.39 is 0 Å². The van der Waals surface area contributed by atoms with Gasteiger partial charge in [-0.15, -0.1) is 11.8 Å². The number of thioether (sulfide) groups is 1. The van der Waals surface area contributed by atoms with Crippen molar-refractivity contribution < 1.29 is 14.7 Å². The van der Waals surface area contributed by atoms with Crippen molar-refractivity contribution >= 4 is 23.6 Å². The lowest BCUT2D eigenvalue weighted by atomic mass is 9.89. The maximum absolute atomic E-state index is 12.7. The average molecular weight is 405 g/mol. The van der Waals surface area contributed by atoms with Crippen LogP contribution < -0.4 is 10.6 Å². The van der Waals surface area contributed by atoms with E-state index in [0.29, 0.717) is 17.2 Å². The van der Waals surface area contributed by atoms with Crippen LogP contribution in [-0.2, 0) is 4.79 Å². The minimum Gasteiger partial charge on any atom is -0.393 e. The van der Waals surface area contributed by atoms with Crippen molar-refractivity contribution in [3.8, 4) is 0 Å². The molecule has 2 aliphatic carbocycles. The molecule has 28 heavy (non-hydrogen) atoms. The summed E-state index contributed by atoms with van der Waals surface area (Å²) in [7, 11) is 0. The molecule has 2 saturated carbocycles. The Morgan fingerprint density at radius 3 is 2.46 bits per heavy atom. The van der Waals surface area contributed by atoms with E-state index in [1.165, 1.54) is 43.9 Å². The van der Waals surface area contributed by atoms with Crippen molar-refractivity contribution in [2.75, 3.05) is 12.3 Å².